The Hall–Kier alpha value is -0.780. The van der Waals surface area contributed by atoms with Crippen molar-refractivity contribution in [2.75, 3.05) is 13.1 Å². The van der Waals surface area contributed by atoms with Gasteiger partial charge in [-0.25, -0.2) is 0 Å². The smallest absolute Gasteiger partial charge is 0.390 e. The fourth-order valence-electron chi connectivity index (χ4n) is 1.95. The van der Waals surface area contributed by atoms with Crippen molar-refractivity contribution in [2.45, 2.75) is 32.0 Å². The molecule has 3 nitrogen and oxygen atoms in total. The predicted molar refractivity (Wildman–Crippen MR) is 47.4 cm³/mol. The van der Waals surface area contributed by atoms with Gasteiger partial charge in [0, 0.05) is 6.54 Å². The van der Waals surface area contributed by atoms with Crippen LogP contribution < -0.4 is 0 Å². The molecule has 88 valence electrons. The largest absolute Gasteiger partial charge is 0.480 e. The van der Waals surface area contributed by atoms with Gasteiger partial charge in [-0.2, -0.15) is 13.2 Å². The SMILES string of the molecule is CC1CCN(CCC(F)(F)F)C1C(=O)O. The van der Waals surface area contributed by atoms with Gasteiger partial charge in [-0.05, 0) is 18.9 Å². The van der Waals surface area contributed by atoms with E-state index in [1.807, 2.05) is 0 Å². The number of aliphatic carboxylic acids is 1. The van der Waals surface area contributed by atoms with Crippen LogP contribution in [0.15, 0.2) is 0 Å². The lowest BCUT2D eigenvalue weighted by Gasteiger charge is -2.23. The highest BCUT2D eigenvalue weighted by Crippen LogP contribution is 2.27. The Morgan fingerprint density at radius 3 is 2.60 bits per heavy atom. The molecule has 0 amide bonds. The standard InChI is InChI=1S/C9H14F3NO2/c1-6-2-4-13(7(6)8(14)15)5-3-9(10,11)12/h6-7H,2-5H2,1H3,(H,14,15). The quantitative estimate of drug-likeness (QED) is 0.795. The zero-order chi connectivity index (χ0) is 11.6. The zero-order valence-electron chi connectivity index (χ0n) is 8.42. The summed E-state index contributed by atoms with van der Waals surface area (Å²) in [4.78, 5) is 12.2. The maximum Gasteiger partial charge on any atom is 0.390 e. The summed E-state index contributed by atoms with van der Waals surface area (Å²) in [5.74, 6) is -1.10. The van der Waals surface area contributed by atoms with Crippen LogP contribution in [0.3, 0.4) is 0 Å². The van der Waals surface area contributed by atoms with E-state index < -0.39 is 24.6 Å². The third kappa shape index (κ3) is 3.37. The minimum absolute atomic E-state index is 0.0734. The molecule has 2 atom stereocenters. The highest BCUT2D eigenvalue weighted by Gasteiger charge is 2.38. The van der Waals surface area contributed by atoms with E-state index in [2.05, 4.69) is 0 Å². The van der Waals surface area contributed by atoms with Gasteiger partial charge < -0.3 is 5.11 Å². The Balaban J connectivity index is 2.51. The van der Waals surface area contributed by atoms with Crippen molar-refractivity contribution in [3.05, 3.63) is 0 Å². The van der Waals surface area contributed by atoms with Gasteiger partial charge in [0.25, 0.3) is 0 Å². The first-order valence-corrected chi connectivity index (χ1v) is 4.85. The number of rotatable bonds is 3. The number of likely N-dealkylation sites (tertiary alicyclic amines) is 1. The number of carboxylic acids is 1. The molecule has 2 unspecified atom stereocenters. The van der Waals surface area contributed by atoms with Gasteiger partial charge in [-0.3, -0.25) is 9.69 Å². The molecule has 0 aromatic heterocycles. The molecule has 15 heavy (non-hydrogen) atoms. The van der Waals surface area contributed by atoms with E-state index >= 15 is 0 Å². The molecule has 1 rings (SSSR count). The summed E-state index contributed by atoms with van der Waals surface area (Å²) >= 11 is 0. The summed E-state index contributed by atoms with van der Waals surface area (Å²) in [6.07, 6.45) is -4.51. The van der Waals surface area contributed by atoms with Crippen molar-refractivity contribution >= 4 is 5.97 Å². The Morgan fingerprint density at radius 1 is 1.53 bits per heavy atom. The number of halogens is 3. The van der Waals surface area contributed by atoms with Gasteiger partial charge in [0.15, 0.2) is 0 Å². The lowest BCUT2D eigenvalue weighted by atomic mass is 10.0. The van der Waals surface area contributed by atoms with Crippen LogP contribution in [0.5, 0.6) is 0 Å². The molecule has 1 aliphatic heterocycles. The monoisotopic (exact) mass is 225 g/mol. The molecule has 1 heterocycles. The van der Waals surface area contributed by atoms with E-state index in [9.17, 15) is 18.0 Å². The fourth-order valence-corrected chi connectivity index (χ4v) is 1.95. The molecule has 0 spiro atoms. The minimum Gasteiger partial charge on any atom is -0.480 e. The highest BCUT2D eigenvalue weighted by molar-refractivity contribution is 5.74. The molecule has 1 fully saturated rings. The number of alkyl halides is 3. The van der Waals surface area contributed by atoms with E-state index in [0.29, 0.717) is 13.0 Å². The summed E-state index contributed by atoms with van der Waals surface area (Å²) in [5, 5.41) is 8.86. The normalized spacial score (nSPS) is 28.3. The summed E-state index contributed by atoms with van der Waals surface area (Å²) in [7, 11) is 0. The molecule has 0 aromatic rings. The molecular weight excluding hydrogens is 211 g/mol. The maximum absolute atomic E-state index is 12.0. The molecule has 0 saturated carbocycles. The fraction of sp³-hybridized carbons (Fsp3) is 0.889. The number of carbonyl (C=O) groups is 1. The predicted octanol–water partition coefficient (Wildman–Crippen LogP) is 1.73. The molecule has 6 heteroatoms. The Morgan fingerprint density at radius 2 is 2.13 bits per heavy atom. The van der Waals surface area contributed by atoms with Crippen molar-refractivity contribution in [3.63, 3.8) is 0 Å². The molecule has 1 N–H and O–H groups in total. The number of carboxylic acid groups (broad SMARTS) is 1. The lowest BCUT2D eigenvalue weighted by Crippen LogP contribution is -2.40. The van der Waals surface area contributed by atoms with Crippen LogP contribution in [0.1, 0.15) is 19.8 Å². The molecule has 0 bridgehead atoms. The molecule has 0 radical (unpaired) electrons. The van der Waals surface area contributed by atoms with Crippen molar-refractivity contribution < 1.29 is 23.1 Å². The number of hydrogen-bond donors (Lipinski definition) is 1. The van der Waals surface area contributed by atoms with Gasteiger partial charge in [0.05, 0.1) is 6.42 Å². The maximum atomic E-state index is 12.0. The lowest BCUT2D eigenvalue weighted by molar-refractivity contribution is -0.149. The first-order chi connectivity index (χ1) is 6.81. The van der Waals surface area contributed by atoms with E-state index in [-0.39, 0.29) is 12.5 Å². The third-order valence-electron chi connectivity index (χ3n) is 2.74. The van der Waals surface area contributed by atoms with Gasteiger partial charge in [0.2, 0.25) is 0 Å². The molecule has 0 aromatic carbocycles. The van der Waals surface area contributed by atoms with Crippen molar-refractivity contribution in [2.24, 2.45) is 5.92 Å². The second-order valence-electron chi connectivity index (χ2n) is 3.95. The Bertz CT molecular complexity index is 242. The minimum atomic E-state index is -4.21. The average Bonchev–Trinajstić information content (AvgIpc) is 2.42. The second-order valence-corrected chi connectivity index (χ2v) is 3.95. The van der Waals surface area contributed by atoms with Gasteiger partial charge in [-0.15, -0.1) is 0 Å². The van der Waals surface area contributed by atoms with E-state index in [0.717, 1.165) is 0 Å². The molecule has 1 aliphatic rings. The van der Waals surface area contributed by atoms with Crippen molar-refractivity contribution in [3.8, 4) is 0 Å². The summed E-state index contributed by atoms with van der Waals surface area (Å²) in [5.41, 5.74) is 0. The molecule has 0 aliphatic carbocycles. The van der Waals surface area contributed by atoms with Crippen LogP contribution in [0, 0.1) is 5.92 Å². The van der Waals surface area contributed by atoms with Gasteiger partial charge >= 0.3 is 12.1 Å². The summed E-state index contributed by atoms with van der Waals surface area (Å²) in [6.45, 7) is 1.98. The van der Waals surface area contributed by atoms with Gasteiger partial charge in [-0.1, -0.05) is 6.92 Å². The van der Waals surface area contributed by atoms with E-state index in [4.69, 9.17) is 5.11 Å². The number of nitrogens with zero attached hydrogens (tertiary/aromatic N) is 1. The Kier molecular flexibility index (Phi) is 3.59. The van der Waals surface area contributed by atoms with Crippen LogP contribution in [-0.2, 0) is 4.79 Å². The topological polar surface area (TPSA) is 40.5 Å². The summed E-state index contributed by atoms with van der Waals surface area (Å²) < 4.78 is 35.9. The number of hydrogen-bond acceptors (Lipinski definition) is 2. The van der Waals surface area contributed by atoms with Crippen molar-refractivity contribution in [1.29, 1.82) is 0 Å². The molecule has 1 saturated heterocycles. The Labute approximate surface area is 85.9 Å². The van der Waals surface area contributed by atoms with E-state index in [1.54, 1.807) is 6.92 Å². The highest BCUT2D eigenvalue weighted by atomic mass is 19.4. The zero-order valence-corrected chi connectivity index (χ0v) is 8.42. The second kappa shape index (κ2) is 4.38. The average molecular weight is 225 g/mol. The van der Waals surface area contributed by atoms with Crippen LogP contribution in [0.25, 0.3) is 0 Å². The first-order valence-electron chi connectivity index (χ1n) is 4.85. The van der Waals surface area contributed by atoms with Gasteiger partial charge in [0.1, 0.15) is 6.04 Å². The van der Waals surface area contributed by atoms with Crippen LogP contribution >= 0.6 is 0 Å². The molecular formula is C9H14F3NO2. The van der Waals surface area contributed by atoms with E-state index in [1.165, 1.54) is 4.90 Å². The van der Waals surface area contributed by atoms with Crippen LogP contribution in [0.4, 0.5) is 13.2 Å². The van der Waals surface area contributed by atoms with Crippen molar-refractivity contribution in [1.82, 2.24) is 4.90 Å². The summed E-state index contributed by atoms with van der Waals surface area (Å²) in [6, 6.07) is -0.757. The third-order valence-corrected chi connectivity index (χ3v) is 2.74. The first kappa shape index (κ1) is 12.3. The van der Waals surface area contributed by atoms with Crippen LogP contribution in [0.2, 0.25) is 0 Å². The van der Waals surface area contributed by atoms with Crippen LogP contribution in [-0.4, -0.2) is 41.3 Å².